The van der Waals surface area contributed by atoms with E-state index in [1.165, 1.54) is 92.3 Å². The standard InChI is InChI=1S/C15H22ClN.C15H23NO.ClH/c1-17(2)15-10-12(11-16)8-9-14(15)13-6-4-3-5-7-13;1-16(2)15-10-12(11-17)8-9-14(15)13-6-4-3-5-7-13;/h8-10,13H,3-7,11H2,1-2H3;8-10,13,17H,3-7,11H2,1-2H3;1H. The Morgan fingerprint density at radius 3 is 1.46 bits per heavy atom. The Morgan fingerprint density at radius 2 is 1.09 bits per heavy atom. The highest BCUT2D eigenvalue weighted by molar-refractivity contribution is 6.17. The van der Waals surface area contributed by atoms with Crippen LogP contribution in [0.1, 0.15) is 98.3 Å². The van der Waals surface area contributed by atoms with Crippen molar-refractivity contribution in [3.63, 3.8) is 0 Å². The van der Waals surface area contributed by atoms with Gasteiger partial charge in [-0.3, -0.25) is 0 Å². The van der Waals surface area contributed by atoms with Crippen molar-refractivity contribution in [2.45, 2.75) is 88.5 Å². The fraction of sp³-hybridized carbons (Fsp3) is 0.600. The minimum absolute atomic E-state index is 0. The van der Waals surface area contributed by atoms with Crippen molar-refractivity contribution in [1.29, 1.82) is 0 Å². The fourth-order valence-electron chi connectivity index (χ4n) is 5.65. The molecule has 35 heavy (non-hydrogen) atoms. The van der Waals surface area contributed by atoms with Gasteiger partial charge in [0.25, 0.3) is 0 Å². The van der Waals surface area contributed by atoms with Crippen molar-refractivity contribution in [2.24, 2.45) is 0 Å². The molecular formula is C30H46Cl2N2O. The maximum absolute atomic E-state index is 9.23. The molecule has 5 heteroatoms. The summed E-state index contributed by atoms with van der Waals surface area (Å²) in [5.74, 6) is 2.07. The Morgan fingerprint density at radius 1 is 0.686 bits per heavy atom. The van der Waals surface area contributed by atoms with Gasteiger partial charge in [-0.05, 0) is 71.9 Å². The Kier molecular flexibility index (Phi) is 12.8. The molecule has 0 aliphatic heterocycles. The van der Waals surface area contributed by atoms with Crippen molar-refractivity contribution < 1.29 is 5.11 Å². The van der Waals surface area contributed by atoms with Gasteiger partial charge in [-0.1, -0.05) is 62.8 Å². The number of hydrogen-bond donors (Lipinski definition) is 1. The van der Waals surface area contributed by atoms with Crippen molar-refractivity contribution >= 4 is 35.4 Å². The van der Waals surface area contributed by atoms with E-state index in [-0.39, 0.29) is 19.0 Å². The SMILES string of the molecule is CN(C)c1cc(CCl)ccc1C1CCCCC1.CN(C)c1cc(CO)ccc1C1CCCCC1.Cl. The fourth-order valence-corrected chi connectivity index (χ4v) is 5.82. The van der Waals surface area contributed by atoms with Crippen molar-refractivity contribution in [2.75, 3.05) is 38.0 Å². The molecule has 4 rings (SSSR count). The van der Waals surface area contributed by atoms with Crippen LogP contribution in [0.25, 0.3) is 0 Å². The maximum atomic E-state index is 9.23. The first kappa shape index (κ1) is 29.8. The van der Waals surface area contributed by atoms with E-state index in [2.05, 4.69) is 74.4 Å². The first-order valence-corrected chi connectivity index (χ1v) is 13.7. The zero-order chi connectivity index (χ0) is 24.5. The summed E-state index contributed by atoms with van der Waals surface area (Å²) in [6.45, 7) is 0.131. The monoisotopic (exact) mass is 520 g/mol. The molecule has 1 N–H and O–H groups in total. The number of alkyl halides is 1. The number of aliphatic hydroxyl groups is 1. The Hall–Kier alpha value is -1.42. The maximum Gasteiger partial charge on any atom is 0.0682 e. The molecule has 0 atom stereocenters. The summed E-state index contributed by atoms with van der Waals surface area (Å²) in [5, 5.41) is 9.23. The quantitative estimate of drug-likeness (QED) is 0.388. The van der Waals surface area contributed by atoms with Gasteiger partial charge in [0.2, 0.25) is 0 Å². The molecule has 2 aromatic carbocycles. The summed E-state index contributed by atoms with van der Waals surface area (Å²) in [4.78, 5) is 4.39. The zero-order valence-corrected chi connectivity index (χ0v) is 23.8. The first-order chi connectivity index (χ1) is 16.4. The summed E-state index contributed by atoms with van der Waals surface area (Å²) in [5.41, 5.74) is 7.84. The molecule has 2 aromatic rings. The summed E-state index contributed by atoms with van der Waals surface area (Å²) < 4.78 is 0. The third kappa shape index (κ3) is 8.30. The largest absolute Gasteiger partial charge is 0.392 e. The van der Waals surface area contributed by atoms with Crippen LogP contribution in [-0.2, 0) is 12.5 Å². The molecule has 3 nitrogen and oxygen atoms in total. The molecule has 2 fully saturated rings. The van der Waals surface area contributed by atoms with Gasteiger partial charge in [0.05, 0.1) is 6.61 Å². The number of nitrogens with zero attached hydrogens (tertiary/aromatic N) is 2. The third-order valence-electron chi connectivity index (χ3n) is 7.58. The molecule has 0 radical (unpaired) electrons. The Bertz CT molecular complexity index is 814. The van der Waals surface area contributed by atoms with E-state index in [9.17, 15) is 5.11 Å². The predicted molar refractivity (Wildman–Crippen MR) is 156 cm³/mol. The van der Waals surface area contributed by atoms with Crippen LogP contribution in [0.2, 0.25) is 0 Å². The molecule has 2 aliphatic rings. The van der Waals surface area contributed by atoms with Crippen LogP contribution in [0.3, 0.4) is 0 Å². The van der Waals surface area contributed by atoms with Crippen LogP contribution < -0.4 is 9.80 Å². The molecule has 2 aliphatic carbocycles. The molecule has 2 saturated carbocycles. The highest BCUT2D eigenvalue weighted by Crippen LogP contribution is 2.39. The van der Waals surface area contributed by atoms with E-state index in [0.29, 0.717) is 11.8 Å². The average molecular weight is 522 g/mol. The molecule has 0 amide bonds. The highest BCUT2D eigenvalue weighted by Gasteiger charge is 2.20. The third-order valence-corrected chi connectivity index (χ3v) is 7.89. The lowest BCUT2D eigenvalue weighted by Gasteiger charge is -2.27. The number of anilines is 2. The van der Waals surface area contributed by atoms with E-state index in [1.54, 1.807) is 0 Å². The second-order valence-corrected chi connectivity index (χ2v) is 10.8. The van der Waals surface area contributed by atoms with Crippen LogP contribution in [0.4, 0.5) is 11.4 Å². The molecule has 0 saturated heterocycles. The van der Waals surface area contributed by atoms with Gasteiger partial charge in [-0.15, -0.1) is 24.0 Å². The summed E-state index contributed by atoms with van der Waals surface area (Å²) >= 11 is 5.92. The number of aliphatic hydroxyl groups excluding tert-OH is 1. The van der Waals surface area contributed by atoms with Gasteiger partial charge < -0.3 is 14.9 Å². The topological polar surface area (TPSA) is 26.7 Å². The van der Waals surface area contributed by atoms with Gasteiger partial charge in [0, 0.05) is 45.4 Å². The molecule has 0 aromatic heterocycles. The first-order valence-electron chi connectivity index (χ1n) is 13.2. The van der Waals surface area contributed by atoms with Gasteiger partial charge in [0.1, 0.15) is 0 Å². The molecule has 0 spiro atoms. The van der Waals surface area contributed by atoms with Crippen molar-refractivity contribution in [3.8, 4) is 0 Å². The van der Waals surface area contributed by atoms with E-state index in [4.69, 9.17) is 11.6 Å². The van der Waals surface area contributed by atoms with Crippen molar-refractivity contribution in [3.05, 3.63) is 58.7 Å². The molecule has 0 heterocycles. The van der Waals surface area contributed by atoms with Gasteiger partial charge in [0.15, 0.2) is 0 Å². The van der Waals surface area contributed by atoms with E-state index in [1.807, 2.05) is 0 Å². The second kappa shape index (κ2) is 15.0. The normalized spacial score (nSPS) is 16.6. The lowest BCUT2D eigenvalue weighted by molar-refractivity contribution is 0.282. The van der Waals surface area contributed by atoms with Gasteiger partial charge in [-0.25, -0.2) is 0 Å². The van der Waals surface area contributed by atoms with Crippen LogP contribution in [-0.4, -0.2) is 33.3 Å². The lowest BCUT2D eigenvalue weighted by Crippen LogP contribution is -2.15. The van der Waals surface area contributed by atoms with Crippen molar-refractivity contribution in [1.82, 2.24) is 0 Å². The average Bonchev–Trinajstić information content (AvgIpc) is 2.89. The van der Waals surface area contributed by atoms with Crippen LogP contribution in [0.5, 0.6) is 0 Å². The number of benzene rings is 2. The summed E-state index contributed by atoms with van der Waals surface area (Å²) in [6.07, 6.45) is 13.6. The zero-order valence-electron chi connectivity index (χ0n) is 22.2. The van der Waals surface area contributed by atoms with Crippen LogP contribution in [0, 0.1) is 0 Å². The van der Waals surface area contributed by atoms with E-state index in [0.717, 1.165) is 11.5 Å². The Balaban J connectivity index is 0.000000240. The Labute approximate surface area is 225 Å². The van der Waals surface area contributed by atoms with Crippen LogP contribution >= 0.6 is 24.0 Å². The molecule has 196 valence electrons. The number of rotatable bonds is 6. The van der Waals surface area contributed by atoms with Gasteiger partial charge >= 0.3 is 0 Å². The summed E-state index contributed by atoms with van der Waals surface area (Å²) in [6, 6.07) is 13.1. The number of halogens is 2. The second-order valence-electron chi connectivity index (χ2n) is 10.5. The lowest BCUT2D eigenvalue weighted by atomic mass is 9.83. The molecule has 0 unspecified atom stereocenters. The van der Waals surface area contributed by atoms with Crippen LogP contribution in [0.15, 0.2) is 36.4 Å². The predicted octanol–water partition coefficient (Wildman–Crippen LogP) is 8.25. The van der Waals surface area contributed by atoms with E-state index < -0.39 is 0 Å². The summed E-state index contributed by atoms with van der Waals surface area (Å²) in [7, 11) is 8.42. The minimum Gasteiger partial charge on any atom is -0.392 e. The molecular weight excluding hydrogens is 475 g/mol. The van der Waals surface area contributed by atoms with Gasteiger partial charge in [-0.2, -0.15) is 0 Å². The smallest absolute Gasteiger partial charge is 0.0682 e. The van der Waals surface area contributed by atoms with E-state index >= 15 is 0 Å². The minimum atomic E-state index is 0. The highest BCUT2D eigenvalue weighted by atomic mass is 35.5. The molecule has 0 bridgehead atoms. The number of hydrogen-bond acceptors (Lipinski definition) is 3.